The SMILES string of the molecule is C#CCCCN[C@@H](C)c1ccc(F)cc1. The molecule has 1 rings (SSSR count). The van der Waals surface area contributed by atoms with Crippen molar-refractivity contribution in [1.29, 1.82) is 0 Å². The summed E-state index contributed by atoms with van der Waals surface area (Å²) < 4.78 is 12.7. The molecule has 0 aliphatic carbocycles. The Bertz CT molecular complexity index is 323. The van der Waals surface area contributed by atoms with Gasteiger partial charge in [-0.25, -0.2) is 4.39 Å². The van der Waals surface area contributed by atoms with Gasteiger partial charge in [-0.3, -0.25) is 0 Å². The topological polar surface area (TPSA) is 12.0 Å². The molecule has 1 aromatic rings. The van der Waals surface area contributed by atoms with E-state index in [-0.39, 0.29) is 11.9 Å². The Kier molecular flexibility index (Phi) is 4.86. The molecule has 1 nitrogen and oxygen atoms in total. The second-order valence-electron chi connectivity index (χ2n) is 3.54. The minimum absolute atomic E-state index is 0.196. The second kappa shape index (κ2) is 6.21. The molecule has 0 saturated carbocycles. The number of hydrogen-bond acceptors (Lipinski definition) is 1. The van der Waals surface area contributed by atoms with Crippen molar-refractivity contribution in [2.24, 2.45) is 0 Å². The molecule has 0 aliphatic rings. The fourth-order valence-corrected chi connectivity index (χ4v) is 1.38. The third-order valence-electron chi connectivity index (χ3n) is 2.32. The summed E-state index contributed by atoms with van der Waals surface area (Å²) in [6, 6.07) is 6.80. The van der Waals surface area contributed by atoms with Crippen molar-refractivity contribution in [3.8, 4) is 12.3 Å². The fraction of sp³-hybridized carbons (Fsp3) is 0.385. The quantitative estimate of drug-likeness (QED) is 0.575. The van der Waals surface area contributed by atoms with Crippen LogP contribution in [0, 0.1) is 18.2 Å². The van der Waals surface area contributed by atoms with Crippen molar-refractivity contribution in [2.45, 2.75) is 25.8 Å². The minimum atomic E-state index is -0.196. The molecule has 0 bridgehead atoms. The van der Waals surface area contributed by atoms with E-state index in [1.54, 1.807) is 12.1 Å². The highest BCUT2D eigenvalue weighted by Crippen LogP contribution is 2.12. The average molecular weight is 205 g/mol. The number of hydrogen-bond donors (Lipinski definition) is 1. The summed E-state index contributed by atoms with van der Waals surface area (Å²) >= 11 is 0. The largest absolute Gasteiger partial charge is 0.310 e. The van der Waals surface area contributed by atoms with Crippen LogP contribution in [0.2, 0.25) is 0 Å². The molecule has 0 spiro atoms. The Labute approximate surface area is 90.7 Å². The molecule has 0 saturated heterocycles. The van der Waals surface area contributed by atoms with Crippen LogP contribution in [-0.4, -0.2) is 6.54 Å². The lowest BCUT2D eigenvalue weighted by Gasteiger charge is -2.13. The highest BCUT2D eigenvalue weighted by atomic mass is 19.1. The highest BCUT2D eigenvalue weighted by Gasteiger charge is 2.03. The van der Waals surface area contributed by atoms with Gasteiger partial charge in [0.05, 0.1) is 0 Å². The minimum Gasteiger partial charge on any atom is -0.310 e. The molecule has 0 fully saturated rings. The van der Waals surface area contributed by atoms with Crippen LogP contribution in [0.1, 0.15) is 31.4 Å². The normalized spacial score (nSPS) is 12.1. The molecule has 15 heavy (non-hydrogen) atoms. The maximum absolute atomic E-state index is 12.7. The maximum atomic E-state index is 12.7. The van der Waals surface area contributed by atoms with E-state index in [1.807, 2.05) is 0 Å². The summed E-state index contributed by atoms with van der Waals surface area (Å²) in [5.74, 6) is 2.40. The lowest BCUT2D eigenvalue weighted by atomic mass is 10.1. The fourth-order valence-electron chi connectivity index (χ4n) is 1.38. The Hall–Kier alpha value is -1.33. The smallest absolute Gasteiger partial charge is 0.123 e. The van der Waals surface area contributed by atoms with Crippen LogP contribution in [0.4, 0.5) is 4.39 Å². The summed E-state index contributed by atoms with van der Waals surface area (Å²) in [5.41, 5.74) is 1.09. The molecule has 1 N–H and O–H groups in total. The van der Waals surface area contributed by atoms with Crippen molar-refractivity contribution < 1.29 is 4.39 Å². The number of terminal acetylenes is 1. The molecule has 2 heteroatoms. The number of benzene rings is 1. The van der Waals surface area contributed by atoms with Crippen molar-refractivity contribution >= 4 is 0 Å². The molecule has 0 unspecified atom stereocenters. The van der Waals surface area contributed by atoms with Gasteiger partial charge in [0.1, 0.15) is 5.82 Å². The highest BCUT2D eigenvalue weighted by molar-refractivity contribution is 5.19. The van der Waals surface area contributed by atoms with Crippen LogP contribution in [0.25, 0.3) is 0 Å². The molecule has 1 aromatic carbocycles. The van der Waals surface area contributed by atoms with Gasteiger partial charge in [0.25, 0.3) is 0 Å². The van der Waals surface area contributed by atoms with Crippen LogP contribution in [0.3, 0.4) is 0 Å². The summed E-state index contributed by atoms with van der Waals surface area (Å²) in [6.45, 7) is 2.95. The van der Waals surface area contributed by atoms with E-state index in [0.29, 0.717) is 0 Å². The van der Waals surface area contributed by atoms with Gasteiger partial charge in [-0.2, -0.15) is 0 Å². The summed E-state index contributed by atoms with van der Waals surface area (Å²) in [5, 5.41) is 3.34. The maximum Gasteiger partial charge on any atom is 0.123 e. The summed E-state index contributed by atoms with van der Waals surface area (Å²) in [7, 11) is 0. The first-order valence-electron chi connectivity index (χ1n) is 5.16. The van der Waals surface area contributed by atoms with E-state index in [9.17, 15) is 4.39 Å². The number of halogens is 1. The first kappa shape index (κ1) is 11.7. The van der Waals surface area contributed by atoms with Gasteiger partial charge >= 0.3 is 0 Å². The monoisotopic (exact) mass is 205 g/mol. The lowest BCUT2D eigenvalue weighted by Crippen LogP contribution is -2.19. The van der Waals surface area contributed by atoms with Crippen LogP contribution in [0.5, 0.6) is 0 Å². The van der Waals surface area contributed by atoms with Crippen LogP contribution < -0.4 is 5.32 Å². The van der Waals surface area contributed by atoms with Gasteiger partial charge in [-0.15, -0.1) is 12.3 Å². The standard InChI is InChI=1S/C13H16FN/c1-3-4-5-10-15-11(2)12-6-8-13(14)9-7-12/h1,6-9,11,15H,4-5,10H2,2H3/t11-/m0/s1. The van der Waals surface area contributed by atoms with Crippen molar-refractivity contribution in [1.82, 2.24) is 5.32 Å². The molecular weight excluding hydrogens is 189 g/mol. The number of nitrogens with one attached hydrogen (secondary N) is 1. The molecular formula is C13H16FN. The third kappa shape index (κ3) is 4.14. The van der Waals surface area contributed by atoms with Gasteiger partial charge in [0.15, 0.2) is 0 Å². The number of rotatable bonds is 5. The predicted octanol–water partition coefficient (Wildman–Crippen LogP) is 2.89. The Morgan fingerprint density at radius 3 is 2.67 bits per heavy atom. The molecule has 0 aliphatic heterocycles. The molecule has 0 radical (unpaired) electrons. The van der Waals surface area contributed by atoms with E-state index in [2.05, 4.69) is 18.2 Å². The molecule has 0 aromatic heterocycles. The lowest BCUT2D eigenvalue weighted by molar-refractivity contribution is 0.560. The van der Waals surface area contributed by atoms with Gasteiger partial charge in [-0.05, 0) is 37.6 Å². The van der Waals surface area contributed by atoms with Gasteiger partial charge in [0.2, 0.25) is 0 Å². The Morgan fingerprint density at radius 1 is 1.40 bits per heavy atom. The van der Waals surface area contributed by atoms with E-state index in [0.717, 1.165) is 24.9 Å². The van der Waals surface area contributed by atoms with E-state index < -0.39 is 0 Å². The third-order valence-corrected chi connectivity index (χ3v) is 2.32. The van der Waals surface area contributed by atoms with Crippen molar-refractivity contribution in [3.05, 3.63) is 35.6 Å². The Balaban J connectivity index is 2.37. The van der Waals surface area contributed by atoms with Gasteiger partial charge < -0.3 is 5.32 Å². The Morgan fingerprint density at radius 2 is 2.07 bits per heavy atom. The molecule has 80 valence electrons. The van der Waals surface area contributed by atoms with Crippen molar-refractivity contribution in [2.75, 3.05) is 6.54 Å². The van der Waals surface area contributed by atoms with Gasteiger partial charge in [0, 0.05) is 12.5 Å². The zero-order valence-electron chi connectivity index (χ0n) is 8.96. The first-order chi connectivity index (χ1) is 7.24. The summed E-state index contributed by atoms with van der Waals surface area (Å²) in [6.07, 6.45) is 6.92. The van der Waals surface area contributed by atoms with Gasteiger partial charge in [-0.1, -0.05) is 12.1 Å². The second-order valence-corrected chi connectivity index (χ2v) is 3.54. The molecule has 0 heterocycles. The average Bonchev–Trinajstić information content (AvgIpc) is 2.25. The summed E-state index contributed by atoms with van der Waals surface area (Å²) in [4.78, 5) is 0. The number of unbranched alkanes of at least 4 members (excludes halogenated alkanes) is 1. The van der Waals surface area contributed by atoms with E-state index in [1.165, 1.54) is 12.1 Å². The predicted molar refractivity (Wildman–Crippen MR) is 60.9 cm³/mol. The van der Waals surface area contributed by atoms with Crippen LogP contribution in [-0.2, 0) is 0 Å². The van der Waals surface area contributed by atoms with E-state index in [4.69, 9.17) is 6.42 Å². The zero-order valence-corrected chi connectivity index (χ0v) is 8.96. The van der Waals surface area contributed by atoms with Crippen molar-refractivity contribution in [3.63, 3.8) is 0 Å². The van der Waals surface area contributed by atoms with Crippen LogP contribution >= 0.6 is 0 Å². The molecule has 1 atom stereocenters. The van der Waals surface area contributed by atoms with E-state index >= 15 is 0 Å². The van der Waals surface area contributed by atoms with Crippen LogP contribution in [0.15, 0.2) is 24.3 Å². The molecule has 0 amide bonds. The first-order valence-corrected chi connectivity index (χ1v) is 5.16. The zero-order chi connectivity index (χ0) is 11.1.